The number of benzene rings is 2. The van der Waals surface area contributed by atoms with E-state index in [9.17, 15) is 34.4 Å². The molecule has 5 rings (SSSR count). The molecule has 0 aromatic heterocycles. The molecule has 51 heavy (non-hydrogen) atoms. The average Bonchev–Trinajstić information content (AvgIpc) is 3.08. The summed E-state index contributed by atoms with van der Waals surface area (Å²) in [5, 5.41) is 23.3. The van der Waals surface area contributed by atoms with Crippen molar-refractivity contribution in [2.45, 2.75) is 102 Å². The highest BCUT2D eigenvalue weighted by atomic mass is 16.7. The van der Waals surface area contributed by atoms with Crippen LogP contribution in [0.4, 0.5) is 5.69 Å². The largest absolute Gasteiger partial charge is 0.465 e. The minimum Gasteiger partial charge on any atom is -0.465 e. The number of aliphatic hydroxyl groups is 1. The highest BCUT2D eigenvalue weighted by Gasteiger charge is 2.55. The Labute approximate surface area is 293 Å². The molecule has 16 nitrogen and oxygen atoms in total. The number of fused-ring (bicyclic) bond motifs is 1. The Morgan fingerprint density at radius 2 is 1.45 bits per heavy atom. The van der Waals surface area contributed by atoms with E-state index in [0.717, 1.165) is 20.8 Å². The van der Waals surface area contributed by atoms with Crippen molar-refractivity contribution in [3.63, 3.8) is 0 Å². The minimum absolute atomic E-state index is 0.0425. The van der Waals surface area contributed by atoms with E-state index in [4.69, 9.17) is 37.9 Å². The molecule has 2 aromatic carbocycles. The molecule has 0 amide bonds. The Morgan fingerprint density at radius 3 is 2.06 bits per heavy atom. The fourth-order valence-corrected chi connectivity index (χ4v) is 6.75. The normalized spacial score (nSPS) is 31.7. The van der Waals surface area contributed by atoms with Crippen LogP contribution in [0.25, 0.3) is 0 Å². The topological polar surface area (TPSA) is 205 Å². The van der Waals surface area contributed by atoms with Crippen molar-refractivity contribution in [2.75, 3.05) is 13.2 Å². The van der Waals surface area contributed by atoms with Crippen molar-refractivity contribution >= 4 is 29.6 Å². The molecule has 2 aromatic rings. The summed E-state index contributed by atoms with van der Waals surface area (Å²) in [4.78, 5) is 59.6. The van der Waals surface area contributed by atoms with Crippen LogP contribution in [0.2, 0.25) is 0 Å². The van der Waals surface area contributed by atoms with Crippen molar-refractivity contribution in [2.24, 2.45) is 5.92 Å². The number of carbonyl (C=O) groups excluding carboxylic acids is 4. The number of ether oxygens (including phenoxy) is 8. The molecular weight excluding hydrogens is 674 g/mol. The number of nitro groups is 1. The SMILES string of the molecule is CC(=O)OC[C@H]1C[C@@H](O[C@@H]2[C@@H](O)[C@@H]3OC(c4ccccc4)OC[C@H]3O[C@H]2Cc2ccc([N+](=O)[O-])cc2)[C@H](OC(C)=O)[C@@H](OC(C)=O)[C@@H]1OC(C)=O. The summed E-state index contributed by atoms with van der Waals surface area (Å²) in [5.41, 5.74) is 1.23. The molecular formula is C35H41NO15. The highest BCUT2D eigenvalue weighted by Crippen LogP contribution is 2.40. The lowest BCUT2D eigenvalue weighted by molar-refractivity contribution is -0.384. The van der Waals surface area contributed by atoms with Crippen molar-refractivity contribution in [3.05, 3.63) is 75.8 Å². The van der Waals surface area contributed by atoms with Gasteiger partial charge < -0.3 is 43.0 Å². The second-order valence-corrected chi connectivity index (χ2v) is 12.7. The molecule has 1 aliphatic carbocycles. The van der Waals surface area contributed by atoms with Crippen molar-refractivity contribution < 1.29 is 67.1 Å². The first kappa shape index (κ1) is 37.8. The number of aliphatic hydroxyl groups excluding tert-OH is 1. The molecule has 1 unspecified atom stereocenters. The summed E-state index contributed by atoms with van der Waals surface area (Å²) in [7, 11) is 0. The first-order valence-electron chi connectivity index (χ1n) is 16.5. The van der Waals surface area contributed by atoms with Crippen LogP contribution in [0.15, 0.2) is 54.6 Å². The molecule has 0 radical (unpaired) electrons. The summed E-state index contributed by atoms with van der Waals surface area (Å²) in [6, 6.07) is 14.9. The monoisotopic (exact) mass is 715 g/mol. The zero-order chi connectivity index (χ0) is 36.8. The van der Waals surface area contributed by atoms with E-state index >= 15 is 0 Å². The predicted octanol–water partition coefficient (Wildman–Crippen LogP) is 2.51. The maximum absolute atomic E-state index is 12.5. The van der Waals surface area contributed by atoms with E-state index < -0.39 is 95.9 Å². The van der Waals surface area contributed by atoms with Gasteiger partial charge in [-0.15, -0.1) is 0 Å². The van der Waals surface area contributed by atoms with E-state index in [-0.39, 0.29) is 31.7 Å². The Kier molecular flexibility index (Phi) is 12.4. The third kappa shape index (κ3) is 9.45. The van der Waals surface area contributed by atoms with Crippen LogP contribution in [0.5, 0.6) is 0 Å². The summed E-state index contributed by atoms with van der Waals surface area (Å²) >= 11 is 0. The van der Waals surface area contributed by atoms with Crippen molar-refractivity contribution in [1.29, 1.82) is 0 Å². The molecule has 11 atom stereocenters. The number of non-ortho nitro benzene ring substituents is 1. The van der Waals surface area contributed by atoms with Crippen LogP contribution in [0.1, 0.15) is 51.5 Å². The average molecular weight is 716 g/mol. The lowest BCUT2D eigenvalue weighted by Crippen LogP contribution is -2.65. The third-order valence-corrected chi connectivity index (χ3v) is 8.86. The summed E-state index contributed by atoms with van der Waals surface area (Å²) in [6.07, 6.45) is -10.9. The Morgan fingerprint density at radius 1 is 0.824 bits per heavy atom. The molecule has 2 heterocycles. The second kappa shape index (κ2) is 16.7. The fraction of sp³-hybridized carbons (Fsp3) is 0.543. The van der Waals surface area contributed by atoms with Gasteiger partial charge in [-0.05, 0) is 12.0 Å². The van der Waals surface area contributed by atoms with E-state index in [1.807, 2.05) is 30.3 Å². The summed E-state index contributed by atoms with van der Waals surface area (Å²) < 4.78 is 47.4. The molecule has 2 saturated heterocycles. The van der Waals surface area contributed by atoms with Gasteiger partial charge in [0, 0.05) is 57.7 Å². The number of carbonyl (C=O) groups is 4. The molecule has 1 N–H and O–H groups in total. The van der Waals surface area contributed by atoms with Crippen LogP contribution < -0.4 is 0 Å². The maximum atomic E-state index is 12.5. The smallest absolute Gasteiger partial charge is 0.303 e. The molecule has 1 saturated carbocycles. The second-order valence-electron chi connectivity index (χ2n) is 12.7. The van der Waals surface area contributed by atoms with Gasteiger partial charge in [0.25, 0.3) is 5.69 Å². The van der Waals surface area contributed by atoms with E-state index in [2.05, 4.69) is 0 Å². The lowest BCUT2D eigenvalue weighted by atomic mass is 9.80. The van der Waals surface area contributed by atoms with Gasteiger partial charge in [-0.3, -0.25) is 29.3 Å². The first-order valence-corrected chi connectivity index (χ1v) is 16.5. The number of nitro benzene ring substituents is 1. The van der Waals surface area contributed by atoms with E-state index in [1.165, 1.54) is 19.1 Å². The zero-order valence-electron chi connectivity index (χ0n) is 28.5. The standard InChI is InChI=1S/C35H41NO15/c1-18(37)44-16-24-15-27(33(47-20(3)39)34(48-21(4)40)30(24)46-19(2)38)50-31-26(14-22-10-12-25(13-11-22)36(42)43)49-28-17-45-35(51-32(28)29(31)41)23-8-6-5-7-9-23/h5-13,24,26-35,41H,14-17H2,1-4H3/t24-,26+,27-,28-,29-,30-,31+,32-,33+,34+,35?/m1/s1. The fourth-order valence-electron chi connectivity index (χ4n) is 6.75. The molecule has 3 fully saturated rings. The predicted molar refractivity (Wildman–Crippen MR) is 172 cm³/mol. The van der Waals surface area contributed by atoms with Gasteiger partial charge >= 0.3 is 23.9 Å². The number of hydrogen-bond acceptors (Lipinski definition) is 15. The quantitative estimate of drug-likeness (QED) is 0.154. The van der Waals surface area contributed by atoms with Crippen LogP contribution in [-0.2, 0) is 63.5 Å². The van der Waals surface area contributed by atoms with Gasteiger partial charge in [0.15, 0.2) is 18.5 Å². The number of esters is 4. The van der Waals surface area contributed by atoms with Gasteiger partial charge in [-0.25, -0.2) is 0 Å². The van der Waals surface area contributed by atoms with Gasteiger partial charge in [0.2, 0.25) is 0 Å². The number of hydrogen-bond donors (Lipinski definition) is 1. The molecule has 2 aliphatic heterocycles. The van der Waals surface area contributed by atoms with Gasteiger partial charge in [-0.2, -0.15) is 0 Å². The Bertz CT molecular complexity index is 1550. The molecule has 276 valence electrons. The minimum atomic E-state index is -1.39. The molecule has 16 heteroatoms. The van der Waals surface area contributed by atoms with Gasteiger partial charge in [0.05, 0.1) is 30.3 Å². The third-order valence-electron chi connectivity index (χ3n) is 8.86. The zero-order valence-corrected chi connectivity index (χ0v) is 28.5. The van der Waals surface area contributed by atoms with Crippen LogP contribution in [0, 0.1) is 16.0 Å². The van der Waals surface area contributed by atoms with Gasteiger partial charge in [-0.1, -0.05) is 42.5 Å². The van der Waals surface area contributed by atoms with E-state index in [1.54, 1.807) is 12.1 Å². The van der Waals surface area contributed by atoms with Crippen molar-refractivity contribution in [3.8, 4) is 0 Å². The van der Waals surface area contributed by atoms with Gasteiger partial charge in [0.1, 0.15) is 30.5 Å². The maximum Gasteiger partial charge on any atom is 0.303 e. The van der Waals surface area contributed by atoms with Crippen LogP contribution in [0.3, 0.4) is 0 Å². The summed E-state index contributed by atoms with van der Waals surface area (Å²) in [6.45, 7) is 4.43. The molecule has 0 bridgehead atoms. The number of rotatable bonds is 11. The first-order chi connectivity index (χ1) is 24.3. The molecule has 3 aliphatic rings. The lowest BCUT2D eigenvalue weighted by Gasteiger charge is -2.50. The van der Waals surface area contributed by atoms with Crippen LogP contribution >= 0.6 is 0 Å². The Hall–Kier alpha value is -4.48. The molecule has 0 spiro atoms. The van der Waals surface area contributed by atoms with Crippen LogP contribution in [-0.4, -0.2) is 102 Å². The van der Waals surface area contributed by atoms with Crippen molar-refractivity contribution in [1.82, 2.24) is 0 Å². The Balaban J connectivity index is 1.50. The highest BCUT2D eigenvalue weighted by molar-refractivity contribution is 5.68. The number of nitrogens with zero attached hydrogens (tertiary/aromatic N) is 1. The van der Waals surface area contributed by atoms with E-state index in [0.29, 0.717) is 11.1 Å². The summed E-state index contributed by atoms with van der Waals surface area (Å²) in [5.74, 6) is -3.67.